The Labute approximate surface area is 201 Å². The minimum Gasteiger partial charge on any atom is -0.361 e. The normalized spacial score (nSPS) is 11.8. The van der Waals surface area contributed by atoms with E-state index in [1.807, 2.05) is 48.7 Å². The Morgan fingerprint density at radius 3 is 2.37 bits per heavy atom. The fourth-order valence-electron chi connectivity index (χ4n) is 3.68. The second-order valence-corrected chi connectivity index (χ2v) is 7.88. The van der Waals surface area contributed by atoms with E-state index in [0.29, 0.717) is 23.2 Å². The maximum atomic E-state index is 13.2. The molecule has 0 radical (unpaired) electrons. The molecule has 0 aliphatic carbocycles. The number of aromatic amines is 1. The van der Waals surface area contributed by atoms with Crippen molar-refractivity contribution in [2.75, 3.05) is 5.32 Å². The number of anilines is 1. The van der Waals surface area contributed by atoms with Crippen LogP contribution in [-0.2, 0) is 16.0 Å². The lowest BCUT2D eigenvalue weighted by molar-refractivity contribution is -0.124. The van der Waals surface area contributed by atoms with Gasteiger partial charge >= 0.3 is 0 Å². The Morgan fingerprint density at radius 1 is 0.914 bits per heavy atom. The largest absolute Gasteiger partial charge is 0.361 e. The Balaban J connectivity index is 1.53. The zero-order chi connectivity index (χ0) is 24.6. The summed E-state index contributed by atoms with van der Waals surface area (Å²) in [5.41, 5.74) is 5.05. The molecule has 8 nitrogen and oxygen atoms in total. The summed E-state index contributed by atoms with van der Waals surface area (Å²) < 4.78 is 0. The second kappa shape index (κ2) is 11.0. The number of benzene rings is 3. The van der Waals surface area contributed by atoms with Crippen molar-refractivity contribution in [1.82, 2.24) is 15.8 Å². The molecule has 1 unspecified atom stereocenters. The number of nitrogens with one attached hydrogen (secondary N) is 4. The number of carbonyl (C=O) groups is 3. The number of hydrogen-bond donors (Lipinski definition) is 5. The number of amides is 3. The highest BCUT2D eigenvalue weighted by molar-refractivity contribution is 6.01. The van der Waals surface area contributed by atoms with Crippen molar-refractivity contribution in [2.45, 2.75) is 12.5 Å². The van der Waals surface area contributed by atoms with Crippen LogP contribution in [0.15, 0.2) is 91.1 Å². The van der Waals surface area contributed by atoms with Gasteiger partial charge in [-0.25, -0.2) is 5.48 Å². The minimum atomic E-state index is -0.824. The predicted molar refractivity (Wildman–Crippen MR) is 134 cm³/mol. The van der Waals surface area contributed by atoms with Gasteiger partial charge in [0.1, 0.15) is 6.04 Å². The maximum Gasteiger partial charge on any atom is 0.267 e. The summed E-state index contributed by atoms with van der Waals surface area (Å²) in [5.74, 6) is -1.39. The first kappa shape index (κ1) is 23.5. The monoisotopic (exact) mass is 468 g/mol. The number of carbonyl (C=O) groups excluding carboxylic acids is 3. The average Bonchev–Trinajstić information content (AvgIpc) is 3.30. The summed E-state index contributed by atoms with van der Waals surface area (Å²) in [6.07, 6.45) is 4.81. The molecule has 8 heteroatoms. The fraction of sp³-hybridized carbons (Fsp3) is 0.0741. The van der Waals surface area contributed by atoms with Crippen LogP contribution in [0.1, 0.15) is 21.5 Å². The smallest absolute Gasteiger partial charge is 0.267 e. The topological polar surface area (TPSA) is 123 Å². The molecule has 0 spiro atoms. The lowest BCUT2D eigenvalue weighted by Crippen LogP contribution is -2.45. The highest BCUT2D eigenvalue weighted by atomic mass is 16.5. The van der Waals surface area contributed by atoms with Gasteiger partial charge in [0.2, 0.25) is 5.91 Å². The number of aromatic nitrogens is 1. The quantitative estimate of drug-likeness (QED) is 0.154. The summed E-state index contributed by atoms with van der Waals surface area (Å²) in [5, 5.41) is 15.3. The third-order valence-electron chi connectivity index (χ3n) is 5.47. The SMILES string of the molecule is O=C(/C=C/c1ccc(C(=O)NC(Cc2c[nH]c3ccccc23)C(=O)Nc2ccccc2)cc1)NO. The molecule has 35 heavy (non-hydrogen) atoms. The van der Waals surface area contributed by atoms with E-state index in [4.69, 9.17) is 5.21 Å². The van der Waals surface area contributed by atoms with Gasteiger partial charge in [0, 0.05) is 40.8 Å². The van der Waals surface area contributed by atoms with Gasteiger partial charge in [-0.15, -0.1) is 0 Å². The van der Waals surface area contributed by atoms with Gasteiger partial charge in [-0.3, -0.25) is 19.6 Å². The van der Waals surface area contributed by atoms with Gasteiger partial charge in [-0.2, -0.15) is 0 Å². The highest BCUT2D eigenvalue weighted by Gasteiger charge is 2.23. The van der Waals surface area contributed by atoms with Gasteiger partial charge in [-0.05, 0) is 47.5 Å². The van der Waals surface area contributed by atoms with Gasteiger partial charge in [0.05, 0.1) is 0 Å². The third kappa shape index (κ3) is 6.01. The molecule has 0 saturated heterocycles. The van der Waals surface area contributed by atoms with Crippen LogP contribution in [0.4, 0.5) is 5.69 Å². The molecule has 1 atom stereocenters. The van der Waals surface area contributed by atoms with Gasteiger partial charge < -0.3 is 15.6 Å². The summed E-state index contributed by atoms with van der Waals surface area (Å²) in [4.78, 5) is 40.5. The average molecular weight is 469 g/mol. The van der Waals surface area contributed by atoms with Crippen LogP contribution in [0.3, 0.4) is 0 Å². The first-order chi connectivity index (χ1) is 17.0. The molecule has 0 aliphatic rings. The summed E-state index contributed by atoms with van der Waals surface area (Å²) in [6.45, 7) is 0. The molecule has 3 aromatic carbocycles. The van der Waals surface area contributed by atoms with Crippen molar-refractivity contribution in [3.63, 3.8) is 0 Å². The van der Waals surface area contributed by atoms with Crippen molar-refractivity contribution in [3.05, 3.63) is 108 Å². The molecule has 0 saturated carbocycles. The van der Waals surface area contributed by atoms with Crippen molar-refractivity contribution in [3.8, 4) is 0 Å². The van der Waals surface area contributed by atoms with E-state index in [1.165, 1.54) is 17.6 Å². The Bertz CT molecular complexity index is 1360. The van der Waals surface area contributed by atoms with Crippen molar-refractivity contribution < 1.29 is 19.6 Å². The lowest BCUT2D eigenvalue weighted by atomic mass is 10.0. The van der Waals surface area contributed by atoms with E-state index in [1.54, 1.807) is 36.4 Å². The Hall–Kier alpha value is -4.69. The van der Waals surface area contributed by atoms with Crippen LogP contribution in [0.25, 0.3) is 17.0 Å². The summed E-state index contributed by atoms with van der Waals surface area (Å²) in [7, 11) is 0. The zero-order valence-electron chi connectivity index (χ0n) is 18.7. The third-order valence-corrected chi connectivity index (χ3v) is 5.47. The Morgan fingerprint density at radius 2 is 1.63 bits per heavy atom. The summed E-state index contributed by atoms with van der Waals surface area (Å²) >= 11 is 0. The van der Waals surface area contributed by atoms with E-state index in [9.17, 15) is 14.4 Å². The molecule has 176 valence electrons. The standard InChI is InChI=1S/C27H24N4O4/c32-25(31-35)15-12-18-10-13-19(14-11-18)26(33)30-24(27(34)29-21-6-2-1-3-7-21)16-20-17-28-23-9-5-4-8-22(20)23/h1-15,17,24,28,35H,16H2,(H,29,34)(H,30,33)(H,31,32)/b15-12+. The molecule has 0 fully saturated rings. The number of fused-ring (bicyclic) bond motifs is 1. The van der Waals surface area contributed by atoms with E-state index >= 15 is 0 Å². The van der Waals surface area contributed by atoms with Crippen LogP contribution in [0.5, 0.6) is 0 Å². The molecule has 1 aromatic heterocycles. The molecule has 4 aromatic rings. The molecular weight excluding hydrogens is 444 g/mol. The van der Waals surface area contributed by atoms with E-state index in [0.717, 1.165) is 16.5 Å². The predicted octanol–water partition coefficient (Wildman–Crippen LogP) is 3.67. The van der Waals surface area contributed by atoms with E-state index in [2.05, 4.69) is 15.6 Å². The second-order valence-electron chi connectivity index (χ2n) is 7.88. The first-order valence-corrected chi connectivity index (χ1v) is 11.0. The molecule has 0 bridgehead atoms. The first-order valence-electron chi connectivity index (χ1n) is 11.0. The Kier molecular flexibility index (Phi) is 7.34. The van der Waals surface area contributed by atoms with E-state index < -0.39 is 17.9 Å². The van der Waals surface area contributed by atoms with Crippen LogP contribution in [-0.4, -0.2) is 34.0 Å². The van der Waals surface area contributed by atoms with Gasteiger partial charge in [-0.1, -0.05) is 48.5 Å². The van der Waals surface area contributed by atoms with Crippen molar-refractivity contribution >= 4 is 40.4 Å². The molecule has 3 amide bonds. The van der Waals surface area contributed by atoms with Crippen LogP contribution in [0.2, 0.25) is 0 Å². The number of hydroxylamine groups is 1. The molecule has 4 rings (SSSR count). The fourth-order valence-corrected chi connectivity index (χ4v) is 3.68. The molecular formula is C27H24N4O4. The molecule has 5 N–H and O–H groups in total. The number of para-hydroxylation sites is 2. The number of rotatable bonds is 8. The highest BCUT2D eigenvalue weighted by Crippen LogP contribution is 2.20. The van der Waals surface area contributed by atoms with Gasteiger partial charge in [0.15, 0.2) is 0 Å². The lowest BCUT2D eigenvalue weighted by Gasteiger charge is -2.19. The maximum absolute atomic E-state index is 13.2. The minimum absolute atomic E-state index is 0.297. The van der Waals surface area contributed by atoms with Crippen LogP contribution >= 0.6 is 0 Å². The van der Waals surface area contributed by atoms with E-state index in [-0.39, 0.29) is 5.91 Å². The van der Waals surface area contributed by atoms with Crippen LogP contribution < -0.4 is 16.1 Å². The van der Waals surface area contributed by atoms with Crippen molar-refractivity contribution in [2.24, 2.45) is 0 Å². The molecule has 1 heterocycles. The number of H-pyrrole nitrogens is 1. The number of hydrogen-bond acceptors (Lipinski definition) is 4. The van der Waals surface area contributed by atoms with Crippen LogP contribution in [0, 0.1) is 0 Å². The molecule has 0 aliphatic heterocycles. The van der Waals surface area contributed by atoms with Gasteiger partial charge in [0.25, 0.3) is 11.8 Å². The summed E-state index contributed by atoms with van der Waals surface area (Å²) in [6, 6.07) is 22.6. The van der Waals surface area contributed by atoms with Crippen molar-refractivity contribution in [1.29, 1.82) is 0 Å². The zero-order valence-corrected chi connectivity index (χ0v) is 18.7.